The van der Waals surface area contributed by atoms with Gasteiger partial charge in [-0.1, -0.05) is 0 Å². The predicted octanol–water partition coefficient (Wildman–Crippen LogP) is 5.13. The predicted molar refractivity (Wildman–Crippen MR) is 101 cm³/mol. The molecule has 1 amide bonds. The van der Waals surface area contributed by atoms with Crippen molar-refractivity contribution < 1.29 is 35.5 Å². The van der Waals surface area contributed by atoms with Crippen LogP contribution in [0.4, 0.5) is 36.4 Å². The van der Waals surface area contributed by atoms with Crippen LogP contribution in [0.5, 0.6) is 0 Å². The van der Waals surface area contributed by atoms with Crippen molar-refractivity contribution in [1.29, 1.82) is 0 Å². The Balaban J connectivity index is 1.34. The number of hydrogen-bond donors (Lipinski definition) is 0. The molecule has 6 rings (SSSR count). The molecule has 5 fully saturated rings. The van der Waals surface area contributed by atoms with Crippen molar-refractivity contribution in [3.8, 4) is 0 Å². The van der Waals surface area contributed by atoms with Gasteiger partial charge in [-0.2, -0.15) is 13.2 Å². The van der Waals surface area contributed by atoms with E-state index in [2.05, 4.69) is 0 Å². The fraction of sp³-hybridized carbons (Fsp3) is 0.682. The Kier molecular flexibility index (Phi) is 4.94. The SMILES string of the molecule is O=C(N1CCN(c2c(F)c(F)c(C(F)(F)F)c(F)c2F)CC1)C12CC3CC(CC(C3)C1)C2. The first kappa shape index (κ1) is 21.8. The maximum absolute atomic E-state index is 14.4. The van der Waals surface area contributed by atoms with Crippen molar-refractivity contribution in [2.75, 3.05) is 31.1 Å². The Morgan fingerprint density at radius 3 is 1.59 bits per heavy atom. The molecule has 0 N–H and O–H groups in total. The Morgan fingerprint density at radius 2 is 1.19 bits per heavy atom. The van der Waals surface area contributed by atoms with Gasteiger partial charge in [0.2, 0.25) is 5.91 Å². The lowest BCUT2D eigenvalue weighted by Crippen LogP contribution is -2.58. The van der Waals surface area contributed by atoms with E-state index in [1.165, 1.54) is 19.3 Å². The lowest BCUT2D eigenvalue weighted by Gasteiger charge is -2.57. The molecule has 0 aromatic heterocycles. The molecular weight excluding hydrogens is 441 g/mol. The monoisotopic (exact) mass is 464 g/mol. The van der Waals surface area contributed by atoms with E-state index in [4.69, 9.17) is 0 Å². The largest absolute Gasteiger partial charge is 0.422 e. The first-order valence-electron chi connectivity index (χ1n) is 11.0. The zero-order valence-electron chi connectivity index (χ0n) is 17.3. The maximum atomic E-state index is 14.4. The highest BCUT2D eigenvalue weighted by atomic mass is 19.4. The van der Waals surface area contributed by atoms with Crippen LogP contribution in [-0.4, -0.2) is 37.0 Å². The first-order valence-corrected chi connectivity index (χ1v) is 11.0. The van der Waals surface area contributed by atoms with Gasteiger partial charge in [0.15, 0.2) is 23.3 Å². The number of anilines is 1. The molecule has 1 saturated heterocycles. The minimum absolute atomic E-state index is 0.0296. The number of piperazine rings is 1. The molecule has 3 nitrogen and oxygen atoms in total. The molecule has 1 heterocycles. The Bertz CT molecular complexity index is 888. The van der Waals surface area contributed by atoms with Crippen LogP contribution in [0.1, 0.15) is 44.1 Å². The average Bonchev–Trinajstić information content (AvgIpc) is 2.71. The summed E-state index contributed by atoms with van der Waals surface area (Å²) in [6, 6.07) is 0. The summed E-state index contributed by atoms with van der Waals surface area (Å²) in [5.41, 5.74) is -4.12. The van der Waals surface area contributed by atoms with E-state index in [-0.39, 0.29) is 37.5 Å². The first-order chi connectivity index (χ1) is 15.0. The second-order valence-corrected chi connectivity index (χ2v) is 9.95. The average molecular weight is 464 g/mol. The van der Waals surface area contributed by atoms with Gasteiger partial charge in [-0.05, 0) is 56.3 Å². The number of amides is 1. The molecule has 10 heteroatoms. The Hall–Kier alpha value is -2.00. The van der Waals surface area contributed by atoms with E-state index < -0.39 is 40.7 Å². The minimum atomic E-state index is -5.57. The molecule has 32 heavy (non-hydrogen) atoms. The summed E-state index contributed by atoms with van der Waals surface area (Å²) in [5.74, 6) is -7.35. The van der Waals surface area contributed by atoms with Gasteiger partial charge < -0.3 is 9.80 Å². The highest BCUT2D eigenvalue weighted by Crippen LogP contribution is 2.60. The summed E-state index contributed by atoms with van der Waals surface area (Å²) < 4.78 is 95.2. The second-order valence-electron chi connectivity index (χ2n) is 9.95. The number of carbonyl (C=O) groups excluding carboxylic acids is 1. The Morgan fingerprint density at radius 1 is 0.750 bits per heavy atom. The lowest BCUT2D eigenvalue weighted by molar-refractivity contribution is -0.158. The van der Waals surface area contributed by atoms with Crippen LogP contribution in [0, 0.1) is 46.4 Å². The van der Waals surface area contributed by atoms with Gasteiger partial charge in [-0.25, -0.2) is 17.6 Å². The number of hydrogen-bond acceptors (Lipinski definition) is 2. The van der Waals surface area contributed by atoms with Crippen molar-refractivity contribution in [2.24, 2.45) is 23.2 Å². The van der Waals surface area contributed by atoms with Crippen molar-refractivity contribution in [1.82, 2.24) is 4.90 Å². The molecule has 1 aromatic rings. The van der Waals surface area contributed by atoms with E-state index in [9.17, 15) is 35.5 Å². The molecule has 0 atom stereocenters. The minimum Gasteiger partial charge on any atom is -0.363 e. The topological polar surface area (TPSA) is 23.6 Å². The lowest BCUT2D eigenvalue weighted by atomic mass is 9.49. The van der Waals surface area contributed by atoms with Crippen molar-refractivity contribution in [2.45, 2.75) is 44.7 Å². The fourth-order valence-electron chi connectivity index (χ4n) is 6.99. The number of nitrogens with zero attached hydrogens (tertiary/aromatic N) is 2. The van der Waals surface area contributed by atoms with Crippen LogP contribution in [0.3, 0.4) is 0 Å². The third-order valence-corrected chi connectivity index (χ3v) is 7.90. The summed E-state index contributed by atoms with van der Waals surface area (Å²) in [7, 11) is 0. The second kappa shape index (κ2) is 7.25. The summed E-state index contributed by atoms with van der Waals surface area (Å²) in [5, 5.41) is 0. The standard InChI is InChI=1S/C22H23F7N2O/c23-15-14(22(27,28)29)16(24)18(26)19(17(15)25)30-1-3-31(4-2-30)20(32)21-8-11-5-12(9-21)7-13(6-11)10-21/h11-13H,1-10H2. The van der Waals surface area contributed by atoms with Crippen LogP contribution in [-0.2, 0) is 11.0 Å². The molecule has 0 unspecified atom stereocenters. The van der Waals surface area contributed by atoms with E-state index in [0.29, 0.717) is 17.8 Å². The zero-order chi connectivity index (χ0) is 23.0. The van der Waals surface area contributed by atoms with Crippen molar-refractivity contribution >= 4 is 11.6 Å². The molecule has 0 radical (unpaired) electrons. The van der Waals surface area contributed by atoms with Gasteiger partial charge >= 0.3 is 6.18 Å². The molecule has 4 bridgehead atoms. The van der Waals surface area contributed by atoms with Crippen LogP contribution in [0.25, 0.3) is 0 Å². The molecule has 4 saturated carbocycles. The van der Waals surface area contributed by atoms with Gasteiger partial charge in [0.1, 0.15) is 11.3 Å². The molecule has 1 aromatic carbocycles. The molecular formula is C22H23F7N2O. The number of halogens is 7. The van der Waals surface area contributed by atoms with Crippen molar-refractivity contribution in [3.05, 3.63) is 28.8 Å². The van der Waals surface area contributed by atoms with Gasteiger partial charge in [0.05, 0.1) is 5.41 Å². The van der Waals surface area contributed by atoms with Crippen molar-refractivity contribution in [3.63, 3.8) is 0 Å². The van der Waals surface area contributed by atoms with Crippen LogP contribution in [0.2, 0.25) is 0 Å². The molecule has 4 aliphatic carbocycles. The van der Waals surface area contributed by atoms with E-state index in [1.807, 2.05) is 0 Å². The highest BCUT2D eigenvalue weighted by molar-refractivity contribution is 5.83. The van der Waals surface area contributed by atoms with Gasteiger partial charge in [0, 0.05) is 26.2 Å². The number of benzene rings is 1. The van der Waals surface area contributed by atoms with Crippen LogP contribution >= 0.6 is 0 Å². The summed E-state index contributed by atoms with van der Waals surface area (Å²) in [6.07, 6.45) is 0.513. The number of alkyl halides is 3. The summed E-state index contributed by atoms with van der Waals surface area (Å²) >= 11 is 0. The third-order valence-electron chi connectivity index (χ3n) is 7.90. The zero-order valence-corrected chi connectivity index (χ0v) is 17.3. The van der Waals surface area contributed by atoms with Crippen LogP contribution in [0.15, 0.2) is 0 Å². The van der Waals surface area contributed by atoms with Gasteiger partial charge in [0.25, 0.3) is 0 Å². The fourth-order valence-corrected chi connectivity index (χ4v) is 6.99. The normalized spacial score (nSPS) is 32.0. The van der Waals surface area contributed by atoms with E-state index in [1.54, 1.807) is 4.90 Å². The van der Waals surface area contributed by atoms with Gasteiger partial charge in [-0.3, -0.25) is 4.79 Å². The molecule has 1 aliphatic heterocycles. The van der Waals surface area contributed by atoms with Crippen LogP contribution < -0.4 is 4.90 Å². The highest BCUT2D eigenvalue weighted by Gasteiger charge is 2.55. The molecule has 176 valence electrons. The quantitative estimate of drug-likeness (QED) is 0.448. The number of rotatable bonds is 2. The van der Waals surface area contributed by atoms with E-state index >= 15 is 0 Å². The third kappa shape index (κ3) is 3.27. The Labute approximate surface area is 180 Å². The maximum Gasteiger partial charge on any atom is 0.422 e. The summed E-state index contributed by atoms with van der Waals surface area (Å²) in [6.45, 7) is -0.0835. The molecule has 0 spiro atoms. The van der Waals surface area contributed by atoms with Gasteiger partial charge in [-0.15, -0.1) is 0 Å². The summed E-state index contributed by atoms with van der Waals surface area (Å²) in [4.78, 5) is 16.0. The van der Waals surface area contributed by atoms with E-state index in [0.717, 1.165) is 24.2 Å². The smallest absolute Gasteiger partial charge is 0.363 e. The number of carbonyl (C=O) groups is 1. The molecule has 5 aliphatic rings.